The first-order valence-electron chi connectivity index (χ1n) is 6.62. The fourth-order valence-corrected chi connectivity index (χ4v) is 2.23. The highest BCUT2D eigenvalue weighted by atomic mass is 19.1. The maximum atomic E-state index is 13.6. The summed E-state index contributed by atoms with van der Waals surface area (Å²) in [4.78, 5) is 2.07. The minimum absolute atomic E-state index is 0.253. The van der Waals surface area contributed by atoms with Crippen LogP contribution >= 0.6 is 0 Å². The number of hydrogen-bond acceptors (Lipinski definition) is 3. The average molecular weight is 284 g/mol. The Balaban J connectivity index is 2.02. The highest BCUT2D eigenvalue weighted by molar-refractivity contribution is 5.33. The van der Waals surface area contributed by atoms with Gasteiger partial charge in [0.2, 0.25) is 0 Å². The third kappa shape index (κ3) is 4.04. The molecule has 0 aliphatic carbocycles. The summed E-state index contributed by atoms with van der Waals surface area (Å²) >= 11 is 0. The predicted octanol–water partition coefficient (Wildman–Crippen LogP) is 3.34. The van der Waals surface area contributed by atoms with Gasteiger partial charge in [0.1, 0.15) is 0 Å². The minimum Gasteiger partial charge on any atom is -0.494 e. The molecule has 3 nitrogen and oxygen atoms in total. The third-order valence-corrected chi connectivity index (χ3v) is 3.18. The van der Waals surface area contributed by atoms with Crippen LogP contribution in [0.4, 0.5) is 4.39 Å². The lowest BCUT2D eigenvalue weighted by molar-refractivity contribution is 0.317. The first-order chi connectivity index (χ1) is 10.1. The summed E-state index contributed by atoms with van der Waals surface area (Å²) in [7, 11) is 3.41. The smallest absolute Gasteiger partial charge is 0.165 e. The van der Waals surface area contributed by atoms with Gasteiger partial charge in [0.15, 0.2) is 11.6 Å². The minimum atomic E-state index is -0.352. The van der Waals surface area contributed by atoms with Crippen molar-refractivity contribution in [3.63, 3.8) is 0 Å². The number of ether oxygens (including phenoxy) is 1. The van der Waals surface area contributed by atoms with Crippen molar-refractivity contribution in [2.75, 3.05) is 14.2 Å². The number of nitriles is 1. The summed E-state index contributed by atoms with van der Waals surface area (Å²) in [6, 6.07) is 14.6. The van der Waals surface area contributed by atoms with Crippen molar-refractivity contribution in [2.45, 2.75) is 13.1 Å². The monoisotopic (exact) mass is 284 g/mol. The summed E-state index contributed by atoms with van der Waals surface area (Å²) in [5, 5.41) is 8.89. The molecule has 0 aliphatic rings. The number of benzene rings is 2. The van der Waals surface area contributed by atoms with Crippen LogP contribution in [-0.2, 0) is 13.1 Å². The Morgan fingerprint density at radius 3 is 2.48 bits per heavy atom. The number of rotatable bonds is 5. The van der Waals surface area contributed by atoms with E-state index in [9.17, 15) is 4.39 Å². The van der Waals surface area contributed by atoms with Crippen LogP contribution in [0.3, 0.4) is 0 Å². The maximum Gasteiger partial charge on any atom is 0.165 e. The molecule has 0 bridgehead atoms. The van der Waals surface area contributed by atoms with E-state index in [0.29, 0.717) is 18.7 Å². The highest BCUT2D eigenvalue weighted by Gasteiger charge is 2.07. The highest BCUT2D eigenvalue weighted by Crippen LogP contribution is 2.19. The number of hydrogen-bond donors (Lipinski definition) is 0. The van der Waals surface area contributed by atoms with Crippen LogP contribution in [0.25, 0.3) is 0 Å². The van der Waals surface area contributed by atoms with E-state index >= 15 is 0 Å². The van der Waals surface area contributed by atoms with E-state index in [-0.39, 0.29) is 11.6 Å². The second-order valence-corrected chi connectivity index (χ2v) is 4.95. The topological polar surface area (TPSA) is 36.3 Å². The normalized spacial score (nSPS) is 10.4. The molecule has 21 heavy (non-hydrogen) atoms. The van der Waals surface area contributed by atoms with Gasteiger partial charge in [0, 0.05) is 13.1 Å². The molecule has 0 aliphatic heterocycles. The molecule has 0 aromatic heterocycles. The summed E-state index contributed by atoms with van der Waals surface area (Å²) in [5.74, 6) is -0.0991. The van der Waals surface area contributed by atoms with Crippen molar-refractivity contribution >= 4 is 0 Å². The van der Waals surface area contributed by atoms with Crippen molar-refractivity contribution in [3.05, 3.63) is 65.0 Å². The number of methoxy groups -OCH3 is 1. The van der Waals surface area contributed by atoms with Gasteiger partial charge in [-0.15, -0.1) is 0 Å². The van der Waals surface area contributed by atoms with E-state index < -0.39 is 0 Å². The van der Waals surface area contributed by atoms with E-state index in [2.05, 4.69) is 11.0 Å². The fraction of sp³-hybridized carbons (Fsp3) is 0.235. The molecule has 0 fully saturated rings. The summed E-state index contributed by atoms with van der Waals surface area (Å²) in [5.41, 5.74) is 2.59. The molecular weight excluding hydrogens is 267 g/mol. The second-order valence-electron chi connectivity index (χ2n) is 4.95. The van der Waals surface area contributed by atoms with Crippen LogP contribution in [0.2, 0.25) is 0 Å². The zero-order chi connectivity index (χ0) is 15.2. The quantitative estimate of drug-likeness (QED) is 0.845. The Morgan fingerprint density at radius 2 is 1.86 bits per heavy atom. The fourth-order valence-electron chi connectivity index (χ4n) is 2.23. The van der Waals surface area contributed by atoms with Gasteiger partial charge in [-0.2, -0.15) is 5.26 Å². The molecule has 0 heterocycles. The standard InChI is InChI=1S/C17H17FN2O/c1-20(11-14-5-3-4-13(8-14)10-19)12-15-6-7-17(21-2)16(18)9-15/h3-9H,11-12H2,1-2H3. The van der Waals surface area contributed by atoms with Gasteiger partial charge in [-0.1, -0.05) is 18.2 Å². The van der Waals surface area contributed by atoms with Gasteiger partial charge in [-0.05, 0) is 42.4 Å². The maximum absolute atomic E-state index is 13.6. The van der Waals surface area contributed by atoms with Gasteiger partial charge in [-0.3, -0.25) is 4.90 Å². The summed E-state index contributed by atoms with van der Waals surface area (Å²) in [6.45, 7) is 1.32. The lowest BCUT2D eigenvalue weighted by Gasteiger charge is -2.17. The molecule has 0 amide bonds. The van der Waals surface area contributed by atoms with E-state index in [1.807, 2.05) is 31.3 Å². The molecule has 0 N–H and O–H groups in total. The second kappa shape index (κ2) is 6.87. The van der Waals surface area contributed by atoms with Gasteiger partial charge < -0.3 is 4.74 Å². The van der Waals surface area contributed by atoms with Crippen LogP contribution in [0.15, 0.2) is 42.5 Å². The van der Waals surface area contributed by atoms with E-state index in [0.717, 1.165) is 11.1 Å². The Kier molecular flexibility index (Phi) is 4.91. The Hall–Kier alpha value is -2.38. The Labute approximate surface area is 124 Å². The zero-order valence-electron chi connectivity index (χ0n) is 12.1. The van der Waals surface area contributed by atoms with Crippen molar-refractivity contribution in [1.82, 2.24) is 4.90 Å². The van der Waals surface area contributed by atoms with Gasteiger partial charge in [-0.25, -0.2) is 4.39 Å². The third-order valence-electron chi connectivity index (χ3n) is 3.18. The van der Waals surface area contributed by atoms with Crippen molar-refractivity contribution in [2.24, 2.45) is 0 Å². The largest absolute Gasteiger partial charge is 0.494 e. The Morgan fingerprint density at radius 1 is 1.14 bits per heavy atom. The van der Waals surface area contributed by atoms with E-state index in [1.54, 1.807) is 12.1 Å². The molecule has 108 valence electrons. The van der Waals surface area contributed by atoms with E-state index in [1.165, 1.54) is 13.2 Å². The SMILES string of the molecule is COc1ccc(CN(C)Cc2cccc(C#N)c2)cc1F. The van der Waals surface area contributed by atoms with E-state index in [4.69, 9.17) is 10.00 Å². The molecular formula is C17H17FN2O. The van der Waals surface area contributed by atoms with Gasteiger partial charge in [0.25, 0.3) is 0 Å². The molecule has 0 saturated heterocycles. The lowest BCUT2D eigenvalue weighted by Crippen LogP contribution is -2.17. The molecule has 0 saturated carbocycles. The van der Waals surface area contributed by atoms with Gasteiger partial charge in [0.05, 0.1) is 18.7 Å². The molecule has 0 radical (unpaired) electrons. The van der Waals surface area contributed by atoms with Crippen LogP contribution in [0.1, 0.15) is 16.7 Å². The lowest BCUT2D eigenvalue weighted by atomic mass is 10.1. The van der Waals surface area contributed by atoms with Crippen LogP contribution in [0, 0.1) is 17.1 Å². The van der Waals surface area contributed by atoms with Crippen LogP contribution in [0.5, 0.6) is 5.75 Å². The first kappa shape index (κ1) is 15.0. The molecule has 0 spiro atoms. The molecule has 0 atom stereocenters. The molecule has 0 unspecified atom stereocenters. The van der Waals surface area contributed by atoms with Crippen molar-refractivity contribution < 1.29 is 9.13 Å². The summed E-state index contributed by atoms with van der Waals surface area (Å²) in [6.07, 6.45) is 0. The molecule has 2 aromatic rings. The summed E-state index contributed by atoms with van der Waals surface area (Å²) < 4.78 is 18.6. The zero-order valence-corrected chi connectivity index (χ0v) is 12.1. The van der Waals surface area contributed by atoms with Crippen LogP contribution in [-0.4, -0.2) is 19.1 Å². The van der Waals surface area contributed by atoms with Crippen molar-refractivity contribution in [3.8, 4) is 11.8 Å². The first-order valence-corrected chi connectivity index (χ1v) is 6.62. The average Bonchev–Trinajstić information content (AvgIpc) is 2.47. The predicted molar refractivity (Wildman–Crippen MR) is 79.3 cm³/mol. The van der Waals surface area contributed by atoms with Crippen LogP contribution < -0.4 is 4.74 Å². The van der Waals surface area contributed by atoms with Crippen molar-refractivity contribution in [1.29, 1.82) is 5.26 Å². The molecule has 2 rings (SSSR count). The number of halogens is 1. The Bertz CT molecular complexity index is 664. The molecule has 2 aromatic carbocycles. The molecule has 4 heteroatoms. The number of nitrogens with zero attached hydrogens (tertiary/aromatic N) is 2. The van der Waals surface area contributed by atoms with Gasteiger partial charge >= 0.3 is 0 Å².